The normalized spacial score (nSPS) is 9.73. The van der Waals surface area contributed by atoms with Gasteiger partial charge in [-0.05, 0) is 13.0 Å². The highest BCUT2D eigenvalue weighted by Gasteiger charge is 2.03. The molecule has 3 heteroatoms. The van der Waals surface area contributed by atoms with Gasteiger partial charge in [-0.25, -0.2) is 0 Å². The molecule has 0 unspecified atom stereocenters. The third kappa shape index (κ3) is 1.57. The SMILES string of the molecule is COc1cc(N)cc(Cl)c1C. The van der Waals surface area contributed by atoms with Crippen molar-refractivity contribution < 1.29 is 4.74 Å². The molecule has 1 aromatic rings. The smallest absolute Gasteiger partial charge is 0.125 e. The summed E-state index contributed by atoms with van der Waals surface area (Å²) in [6.07, 6.45) is 0. The lowest BCUT2D eigenvalue weighted by Crippen LogP contribution is -1.91. The largest absolute Gasteiger partial charge is 0.496 e. The lowest BCUT2D eigenvalue weighted by atomic mass is 10.2. The number of halogens is 1. The van der Waals surface area contributed by atoms with Crippen LogP contribution in [0, 0.1) is 6.92 Å². The zero-order valence-electron chi connectivity index (χ0n) is 6.52. The van der Waals surface area contributed by atoms with Crippen LogP contribution in [0.3, 0.4) is 0 Å². The Labute approximate surface area is 70.9 Å². The van der Waals surface area contributed by atoms with Crippen molar-refractivity contribution in [1.29, 1.82) is 0 Å². The number of ether oxygens (including phenoxy) is 1. The Morgan fingerprint density at radius 2 is 2.09 bits per heavy atom. The Kier molecular flexibility index (Phi) is 2.25. The van der Waals surface area contributed by atoms with E-state index in [9.17, 15) is 0 Å². The monoisotopic (exact) mass is 171 g/mol. The predicted octanol–water partition coefficient (Wildman–Crippen LogP) is 2.24. The van der Waals surface area contributed by atoms with Gasteiger partial charge in [0.15, 0.2) is 0 Å². The van der Waals surface area contributed by atoms with Gasteiger partial charge >= 0.3 is 0 Å². The van der Waals surface area contributed by atoms with Gasteiger partial charge in [-0.1, -0.05) is 11.6 Å². The third-order valence-corrected chi connectivity index (χ3v) is 1.93. The molecule has 1 rings (SSSR count). The molecule has 60 valence electrons. The number of hydrogen-bond acceptors (Lipinski definition) is 2. The first kappa shape index (κ1) is 8.21. The van der Waals surface area contributed by atoms with Gasteiger partial charge < -0.3 is 10.5 Å². The van der Waals surface area contributed by atoms with Crippen molar-refractivity contribution in [2.75, 3.05) is 12.8 Å². The average Bonchev–Trinajstić information content (AvgIpc) is 1.96. The van der Waals surface area contributed by atoms with Gasteiger partial charge in [-0.3, -0.25) is 0 Å². The fraction of sp³-hybridized carbons (Fsp3) is 0.250. The Morgan fingerprint density at radius 1 is 1.45 bits per heavy atom. The summed E-state index contributed by atoms with van der Waals surface area (Å²) in [6, 6.07) is 3.46. The second-order valence-electron chi connectivity index (χ2n) is 2.33. The zero-order chi connectivity index (χ0) is 8.43. The molecular weight excluding hydrogens is 162 g/mol. The topological polar surface area (TPSA) is 35.2 Å². The van der Waals surface area contributed by atoms with E-state index in [1.54, 1.807) is 19.2 Å². The molecule has 0 heterocycles. The highest BCUT2D eigenvalue weighted by atomic mass is 35.5. The van der Waals surface area contributed by atoms with E-state index < -0.39 is 0 Å². The number of methoxy groups -OCH3 is 1. The van der Waals surface area contributed by atoms with Crippen molar-refractivity contribution >= 4 is 17.3 Å². The molecule has 0 saturated carbocycles. The Hall–Kier alpha value is -0.890. The maximum absolute atomic E-state index is 5.84. The number of benzene rings is 1. The van der Waals surface area contributed by atoms with Crippen LogP contribution < -0.4 is 10.5 Å². The summed E-state index contributed by atoms with van der Waals surface area (Å²) in [7, 11) is 1.60. The van der Waals surface area contributed by atoms with E-state index in [0.717, 1.165) is 11.3 Å². The van der Waals surface area contributed by atoms with Crippen LogP contribution in [0.5, 0.6) is 5.75 Å². The van der Waals surface area contributed by atoms with Crippen LogP contribution in [0.25, 0.3) is 0 Å². The molecule has 0 amide bonds. The van der Waals surface area contributed by atoms with Crippen LogP contribution in [-0.2, 0) is 0 Å². The fourth-order valence-corrected chi connectivity index (χ4v) is 1.10. The van der Waals surface area contributed by atoms with Gasteiger partial charge in [0, 0.05) is 22.3 Å². The van der Waals surface area contributed by atoms with Gasteiger partial charge in [0.25, 0.3) is 0 Å². The second kappa shape index (κ2) is 3.01. The van der Waals surface area contributed by atoms with E-state index in [1.165, 1.54) is 0 Å². The summed E-state index contributed by atoms with van der Waals surface area (Å²) in [5.74, 6) is 0.731. The van der Waals surface area contributed by atoms with Gasteiger partial charge in [0.2, 0.25) is 0 Å². The van der Waals surface area contributed by atoms with Gasteiger partial charge in [-0.2, -0.15) is 0 Å². The molecule has 0 saturated heterocycles. The van der Waals surface area contributed by atoms with E-state index >= 15 is 0 Å². The van der Waals surface area contributed by atoms with Crippen LogP contribution in [0.1, 0.15) is 5.56 Å². The van der Waals surface area contributed by atoms with Crippen molar-refractivity contribution in [2.45, 2.75) is 6.92 Å². The average molecular weight is 172 g/mol. The first-order valence-electron chi connectivity index (χ1n) is 3.24. The molecule has 0 aliphatic heterocycles. The van der Waals surface area contributed by atoms with Crippen molar-refractivity contribution in [1.82, 2.24) is 0 Å². The zero-order valence-corrected chi connectivity index (χ0v) is 7.27. The maximum Gasteiger partial charge on any atom is 0.125 e. The highest BCUT2D eigenvalue weighted by molar-refractivity contribution is 6.31. The lowest BCUT2D eigenvalue weighted by molar-refractivity contribution is 0.412. The maximum atomic E-state index is 5.84. The number of anilines is 1. The molecular formula is C8H10ClNO. The minimum atomic E-state index is 0.623. The number of nitrogen functional groups attached to an aromatic ring is 1. The van der Waals surface area contributed by atoms with Crippen LogP contribution in [0.2, 0.25) is 5.02 Å². The summed E-state index contributed by atoms with van der Waals surface area (Å²) in [5, 5.41) is 0.641. The molecule has 11 heavy (non-hydrogen) atoms. The first-order valence-corrected chi connectivity index (χ1v) is 3.62. The summed E-state index contributed by atoms with van der Waals surface area (Å²) < 4.78 is 5.04. The summed E-state index contributed by atoms with van der Waals surface area (Å²) in [6.45, 7) is 1.89. The Bertz CT molecular complexity index is 273. The quantitative estimate of drug-likeness (QED) is 0.658. The van der Waals surface area contributed by atoms with Crippen LogP contribution in [0.4, 0.5) is 5.69 Å². The fourth-order valence-electron chi connectivity index (χ4n) is 0.886. The van der Waals surface area contributed by atoms with Crippen LogP contribution >= 0.6 is 11.6 Å². The Balaban J connectivity index is 3.24. The van der Waals surface area contributed by atoms with E-state index in [-0.39, 0.29) is 0 Å². The summed E-state index contributed by atoms with van der Waals surface area (Å²) in [4.78, 5) is 0. The molecule has 0 bridgehead atoms. The first-order chi connectivity index (χ1) is 5.15. The molecule has 2 nitrogen and oxygen atoms in total. The van der Waals surface area contributed by atoms with E-state index in [4.69, 9.17) is 22.1 Å². The predicted molar refractivity (Wildman–Crippen MR) is 47.2 cm³/mol. The van der Waals surface area contributed by atoms with Crippen molar-refractivity contribution in [3.63, 3.8) is 0 Å². The minimum absolute atomic E-state index is 0.623. The van der Waals surface area contributed by atoms with Crippen molar-refractivity contribution in [2.24, 2.45) is 0 Å². The van der Waals surface area contributed by atoms with Gasteiger partial charge in [0.05, 0.1) is 7.11 Å². The molecule has 2 N–H and O–H groups in total. The lowest BCUT2D eigenvalue weighted by Gasteiger charge is -2.06. The standard InChI is InChI=1S/C8H10ClNO/c1-5-7(9)3-6(10)4-8(5)11-2/h3-4H,10H2,1-2H3. The Morgan fingerprint density at radius 3 is 2.64 bits per heavy atom. The van der Waals surface area contributed by atoms with E-state index in [0.29, 0.717) is 10.7 Å². The molecule has 0 aliphatic rings. The van der Waals surface area contributed by atoms with Gasteiger partial charge in [-0.15, -0.1) is 0 Å². The molecule has 0 aliphatic carbocycles. The molecule has 1 aromatic carbocycles. The van der Waals surface area contributed by atoms with Crippen LogP contribution in [-0.4, -0.2) is 7.11 Å². The van der Waals surface area contributed by atoms with Crippen molar-refractivity contribution in [3.05, 3.63) is 22.7 Å². The van der Waals surface area contributed by atoms with Crippen LogP contribution in [0.15, 0.2) is 12.1 Å². The molecule has 0 spiro atoms. The van der Waals surface area contributed by atoms with Gasteiger partial charge in [0.1, 0.15) is 5.75 Å². The molecule has 0 radical (unpaired) electrons. The molecule has 0 atom stereocenters. The number of rotatable bonds is 1. The third-order valence-electron chi connectivity index (χ3n) is 1.54. The molecule has 0 aromatic heterocycles. The van der Waals surface area contributed by atoms with E-state index in [2.05, 4.69) is 0 Å². The number of hydrogen-bond donors (Lipinski definition) is 1. The minimum Gasteiger partial charge on any atom is -0.496 e. The molecule has 0 fully saturated rings. The highest BCUT2D eigenvalue weighted by Crippen LogP contribution is 2.28. The van der Waals surface area contributed by atoms with Crippen molar-refractivity contribution in [3.8, 4) is 5.75 Å². The summed E-state index contributed by atoms with van der Waals surface area (Å²) in [5.41, 5.74) is 7.08. The van der Waals surface area contributed by atoms with E-state index in [1.807, 2.05) is 6.92 Å². The number of nitrogens with two attached hydrogens (primary N) is 1. The summed E-state index contributed by atoms with van der Waals surface area (Å²) >= 11 is 5.84. The second-order valence-corrected chi connectivity index (χ2v) is 2.74.